The van der Waals surface area contributed by atoms with Gasteiger partial charge in [0.15, 0.2) is 0 Å². The first kappa shape index (κ1) is 14.4. The quantitative estimate of drug-likeness (QED) is 0.584. The highest BCUT2D eigenvalue weighted by Crippen LogP contribution is 2.06. The molecule has 90 valence electrons. The van der Waals surface area contributed by atoms with Gasteiger partial charge in [-0.05, 0) is 19.3 Å². The van der Waals surface area contributed by atoms with E-state index in [4.69, 9.17) is 5.73 Å². The van der Waals surface area contributed by atoms with E-state index in [1.807, 2.05) is 20.8 Å². The van der Waals surface area contributed by atoms with Gasteiger partial charge in [-0.15, -0.1) is 0 Å². The molecule has 0 aliphatic carbocycles. The Bertz CT molecular complexity index is 183. The average Bonchev–Trinajstić information content (AvgIpc) is 2.21. The van der Waals surface area contributed by atoms with Crippen LogP contribution in [0, 0.1) is 5.92 Å². The van der Waals surface area contributed by atoms with Crippen molar-refractivity contribution in [2.24, 2.45) is 11.7 Å². The number of nitrogens with one attached hydrogen (secondary N) is 1. The van der Waals surface area contributed by atoms with Crippen molar-refractivity contribution >= 4 is 5.91 Å². The third kappa shape index (κ3) is 7.33. The standard InChI is InChI=1S/C11H24N2O2/c1-4-8(2)10(14)7-13-11(15)6-5-9(3)12/h8-10,14H,4-7,12H2,1-3H3,(H,13,15). The minimum absolute atomic E-state index is 0.0327. The van der Waals surface area contributed by atoms with Gasteiger partial charge in [-0.3, -0.25) is 4.79 Å². The van der Waals surface area contributed by atoms with Crippen molar-refractivity contribution in [3.63, 3.8) is 0 Å². The van der Waals surface area contributed by atoms with Crippen molar-refractivity contribution in [3.05, 3.63) is 0 Å². The van der Waals surface area contributed by atoms with E-state index >= 15 is 0 Å². The first-order valence-corrected chi connectivity index (χ1v) is 5.67. The first-order chi connectivity index (χ1) is 6.97. The Morgan fingerprint density at radius 2 is 2.07 bits per heavy atom. The molecule has 3 unspecified atom stereocenters. The largest absolute Gasteiger partial charge is 0.391 e. The number of hydrogen-bond donors (Lipinski definition) is 3. The van der Waals surface area contributed by atoms with E-state index in [1.54, 1.807) is 0 Å². The van der Waals surface area contributed by atoms with Gasteiger partial charge in [0.05, 0.1) is 6.10 Å². The van der Waals surface area contributed by atoms with Crippen molar-refractivity contribution in [1.82, 2.24) is 5.32 Å². The van der Waals surface area contributed by atoms with Crippen LogP contribution in [-0.4, -0.2) is 29.7 Å². The Balaban J connectivity index is 3.62. The highest BCUT2D eigenvalue weighted by atomic mass is 16.3. The molecule has 15 heavy (non-hydrogen) atoms. The van der Waals surface area contributed by atoms with Crippen LogP contribution in [0.3, 0.4) is 0 Å². The number of aliphatic hydroxyl groups excluding tert-OH is 1. The molecule has 4 nitrogen and oxygen atoms in total. The summed E-state index contributed by atoms with van der Waals surface area (Å²) in [6, 6.07) is 0.0511. The lowest BCUT2D eigenvalue weighted by atomic mass is 10.0. The van der Waals surface area contributed by atoms with Crippen LogP contribution in [0.15, 0.2) is 0 Å². The Morgan fingerprint density at radius 3 is 2.53 bits per heavy atom. The highest BCUT2D eigenvalue weighted by Gasteiger charge is 2.13. The lowest BCUT2D eigenvalue weighted by Gasteiger charge is -2.17. The summed E-state index contributed by atoms with van der Waals surface area (Å²) >= 11 is 0. The number of aliphatic hydroxyl groups is 1. The van der Waals surface area contributed by atoms with Crippen LogP contribution in [0.5, 0.6) is 0 Å². The van der Waals surface area contributed by atoms with Gasteiger partial charge < -0.3 is 16.2 Å². The number of hydrogen-bond acceptors (Lipinski definition) is 3. The summed E-state index contributed by atoms with van der Waals surface area (Å²) in [5.41, 5.74) is 5.54. The lowest BCUT2D eigenvalue weighted by molar-refractivity contribution is -0.121. The molecule has 0 rings (SSSR count). The lowest BCUT2D eigenvalue weighted by Crippen LogP contribution is -2.35. The molecule has 4 N–H and O–H groups in total. The fourth-order valence-corrected chi connectivity index (χ4v) is 1.14. The minimum Gasteiger partial charge on any atom is -0.391 e. The summed E-state index contributed by atoms with van der Waals surface area (Å²) in [6.07, 6.45) is 1.58. The minimum atomic E-state index is -0.450. The fourth-order valence-electron chi connectivity index (χ4n) is 1.14. The maximum absolute atomic E-state index is 11.3. The van der Waals surface area contributed by atoms with Crippen LogP contribution < -0.4 is 11.1 Å². The van der Waals surface area contributed by atoms with E-state index in [0.717, 1.165) is 6.42 Å². The van der Waals surface area contributed by atoms with Gasteiger partial charge in [0.1, 0.15) is 0 Å². The SMILES string of the molecule is CCC(C)C(O)CNC(=O)CCC(C)N. The Morgan fingerprint density at radius 1 is 1.47 bits per heavy atom. The van der Waals surface area contributed by atoms with Crippen molar-refractivity contribution in [3.8, 4) is 0 Å². The second-order valence-corrected chi connectivity index (χ2v) is 4.27. The first-order valence-electron chi connectivity index (χ1n) is 5.67. The van der Waals surface area contributed by atoms with Gasteiger partial charge >= 0.3 is 0 Å². The molecule has 0 fully saturated rings. The molecular weight excluding hydrogens is 192 g/mol. The van der Waals surface area contributed by atoms with Crippen LogP contribution in [0.25, 0.3) is 0 Å². The topological polar surface area (TPSA) is 75.3 Å². The van der Waals surface area contributed by atoms with Crippen LogP contribution in [0.2, 0.25) is 0 Å². The van der Waals surface area contributed by atoms with Crippen molar-refractivity contribution in [2.45, 2.75) is 52.2 Å². The molecule has 0 aliphatic heterocycles. The van der Waals surface area contributed by atoms with Crippen LogP contribution in [-0.2, 0) is 4.79 Å². The molecule has 0 aliphatic rings. The summed E-state index contributed by atoms with van der Waals surface area (Å²) in [4.78, 5) is 11.3. The Kier molecular flexibility index (Phi) is 7.34. The zero-order chi connectivity index (χ0) is 11.8. The normalized spacial score (nSPS) is 16.9. The van der Waals surface area contributed by atoms with E-state index in [0.29, 0.717) is 19.4 Å². The second kappa shape index (κ2) is 7.65. The van der Waals surface area contributed by atoms with E-state index < -0.39 is 6.10 Å². The average molecular weight is 216 g/mol. The third-order valence-electron chi connectivity index (χ3n) is 2.64. The predicted molar refractivity (Wildman–Crippen MR) is 61.4 cm³/mol. The summed E-state index contributed by atoms with van der Waals surface area (Å²) in [7, 11) is 0. The van der Waals surface area contributed by atoms with Crippen LogP contribution in [0.1, 0.15) is 40.0 Å². The number of nitrogens with two attached hydrogens (primary N) is 1. The van der Waals surface area contributed by atoms with E-state index in [-0.39, 0.29) is 17.9 Å². The Labute approximate surface area is 92.2 Å². The molecule has 0 saturated carbocycles. The summed E-state index contributed by atoms with van der Waals surface area (Å²) in [5, 5.41) is 12.3. The van der Waals surface area contributed by atoms with Gasteiger partial charge in [-0.25, -0.2) is 0 Å². The second-order valence-electron chi connectivity index (χ2n) is 4.27. The van der Waals surface area contributed by atoms with E-state index in [2.05, 4.69) is 5.32 Å². The molecule has 0 aromatic rings. The fraction of sp³-hybridized carbons (Fsp3) is 0.909. The third-order valence-corrected chi connectivity index (χ3v) is 2.64. The molecule has 0 aromatic carbocycles. The van der Waals surface area contributed by atoms with Gasteiger partial charge in [0.25, 0.3) is 0 Å². The zero-order valence-corrected chi connectivity index (χ0v) is 9.99. The number of carbonyl (C=O) groups is 1. The summed E-state index contributed by atoms with van der Waals surface area (Å²) in [6.45, 7) is 6.21. The number of rotatable bonds is 7. The number of amides is 1. The Hall–Kier alpha value is -0.610. The molecule has 0 aromatic heterocycles. The van der Waals surface area contributed by atoms with E-state index in [9.17, 15) is 9.90 Å². The molecule has 4 heteroatoms. The monoisotopic (exact) mass is 216 g/mol. The molecule has 3 atom stereocenters. The van der Waals surface area contributed by atoms with Crippen molar-refractivity contribution in [1.29, 1.82) is 0 Å². The maximum Gasteiger partial charge on any atom is 0.220 e. The highest BCUT2D eigenvalue weighted by molar-refractivity contribution is 5.75. The maximum atomic E-state index is 11.3. The molecular formula is C11H24N2O2. The van der Waals surface area contributed by atoms with Crippen LogP contribution in [0.4, 0.5) is 0 Å². The smallest absolute Gasteiger partial charge is 0.220 e. The zero-order valence-electron chi connectivity index (χ0n) is 9.99. The molecule has 0 radical (unpaired) electrons. The van der Waals surface area contributed by atoms with Gasteiger partial charge in [0, 0.05) is 19.0 Å². The molecule has 1 amide bonds. The van der Waals surface area contributed by atoms with E-state index in [1.165, 1.54) is 0 Å². The molecule has 0 saturated heterocycles. The number of carbonyl (C=O) groups excluding carboxylic acids is 1. The summed E-state index contributed by atoms with van der Waals surface area (Å²) in [5.74, 6) is 0.188. The van der Waals surface area contributed by atoms with Gasteiger partial charge in [-0.1, -0.05) is 20.3 Å². The van der Waals surface area contributed by atoms with Gasteiger partial charge in [0.2, 0.25) is 5.91 Å². The summed E-state index contributed by atoms with van der Waals surface area (Å²) < 4.78 is 0. The molecule has 0 heterocycles. The van der Waals surface area contributed by atoms with Crippen molar-refractivity contribution < 1.29 is 9.90 Å². The van der Waals surface area contributed by atoms with Crippen molar-refractivity contribution in [2.75, 3.05) is 6.54 Å². The predicted octanol–water partition coefficient (Wildman–Crippen LogP) is 0.637. The van der Waals surface area contributed by atoms with Gasteiger partial charge in [-0.2, -0.15) is 0 Å². The van der Waals surface area contributed by atoms with Crippen LogP contribution >= 0.6 is 0 Å². The molecule has 0 spiro atoms. The molecule has 0 bridgehead atoms.